The summed E-state index contributed by atoms with van der Waals surface area (Å²) in [5.41, 5.74) is 0. The standard InChI is InChI=1S/C13H13S3.CH3.Re/c1-7(2)9-6-10-12(15-9)13-11(14-10)5-8(3)16(13)4;;/h6-7H,4H2,1-3H3;1H3;/q2*-1;. The van der Waals surface area contributed by atoms with Crippen LogP contribution in [-0.4, -0.2) is 5.87 Å². The molecule has 99 valence electrons. The van der Waals surface area contributed by atoms with Gasteiger partial charge in [0.25, 0.3) is 0 Å². The summed E-state index contributed by atoms with van der Waals surface area (Å²) in [4.78, 5) is 5.58. The van der Waals surface area contributed by atoms with Gasteiger partial charge in [0.15, 0.2) is 0 Å². The van der Waals surface area contributed by atoms with Crippen molar-refractivity contribution in [2.24, 2.45) is 0 Å². The second kappa shape index (κ2) is 5.73. The van der Waals surface area contributed by atoms with E-state index >= 15 is 0 Å². The summed E-state index contributed by atoms with van der Waals surface area (Å²) in [7, 11) is 0.0405. The number of thiophene rings is 2. The van der Waals surface area contributed by atoms with Crippen LogP contribution in [0.2, 0.25) is 0 Å². The molecule has 4 heteroatoms. The van der Waals surface area contributed by atoms with E-state index in [0.29, 0.717) is 5.92 Å². The van der Waals surface area contributed by atoms with Crippen molar-refractivity contribution in [3.05, 3.63) is 34.2 Å². The van der Waals surface area contributed by atoms with Crippen molar-refractivity contribution >= 4 is 48.4 Å². The zero-order valence-electron chi connectivity index (χ0n) is 11.0. The molecule has 1 aliphatic heterocycles. The van der Waals surface area contributed by atoms with Gasteiger partial charge >= 0.3 is 0 Å². The number of fused-ring (bicyclic) bond motifs is 3. The molecule has 1 unspecified atom stereocenters. The smallest absolute Gasteiger partial charge is 0.0258 e. The monoisotopic (exact) mass is 467 g/mol. The van der Waals surface area contributed by atoms with Crippen LogP contribution in [-0.2, 0) is 20.4 Å². The maximum atomic E-state index is 4.28. The third-order valence-electron chi connectivity index (χ3n) is 2.82. The van der Waals surface area contributed by atoms with Crippen LogP contribution in [0.5, 0.6) is 0 Å². The van der Waals surface area contributed by atoms with Crippen molar-refractivity contribution in [3.8, 4) is 0 Å². The summed E-state index contributed by atoms with van der Waals surface area (Å²) in [6.45, 7) is 6.66. The molecule has 18 heavy (non-hydrogen) atoms. The third-order valence-corrected chi connectivity index (χ3v) is 7.45. The van der Waals surface area contributed by atoms with Gasteiger partial charge in [-0.2, -0.15) is 22.7 Å². The molecule has 0 spiro atoms. The molecule has 3 heterocycles. The van der Waals surface area contributed by atoms with Crippen LogP contribution < -0.4 is 0 Å². The maximum Gasteiger partial charge on any atom is 0.0258 e. The summed E-state index contributed by atoms with van der Waals surface area (Å²) >= 11 is 3.82. The number of hydrogen-bond donors (Lipinski definition) is 0. The summed E-state index contributed by atoms with van der Waals surface area (Å²) in [6.07, 6.45) is 3.46. The zero-order chi connectivity index (χ0) is 11.4. The van der Waals surface area contributed by atoms with Gasteiger partial charge in [-0.15, -0.1) is 14.7 Å². The van der Waals surface area contributed by atoms with Crippen LogP contribution in [0.4, 0.5) is 0 Å². The predicted octanol–water partition coefficient (Wildman–Crippen LogP) is 5.66. The molecule has 1 radical (unpaired) electrons. The van der Waals surface area contributed by atoms with Crippen LogP contribution >= 0.6 is 33.2 Å². The van der Waals surface area contributed by atoms with E-state index < -0.39 is 0 Å². The summed E-state index contributed by atoms with van der Waals surface area (Å²) in [5, 5.41) is 0. The van der Waals surface area contributed by atoms with E-state index in [-0.39, 0.29) is 38.3 Å². The van der Waals surface area contributed by atoms with E-state index in [9.17, 15) is 0 Å². The molecule has 0 saturated heterocycles. The molecule has 2 aromatic rings. The maximum absolute atomic E-state index is 4.28. The molecule has 1 aliphatic rings. The third kappa shape index (κ3) is 2.34. The van der Waals surface area contributed by atoms with Crippen molar-refractivity contribution in [1.82, 2.24) is 0 Å². The summed E-state index contributed by atoms with van der Waals surface area (Å²) < 4.78 is 2.89. The normalized spacial score (nSPS) is 17.3. The second-order valence-corrected chi connectivity index (χ2v) is 8.27. The van der Waals surface area contributed by atoms with Gasteiger partial charge in [0, 0.05) is 30.0 Å². The minimum Gasteiger partial charge on any atom is -0.358 e. The number of hydrogen-bond acceptors (Lipinski definition) is 2. The first kappa shape index (κ1) is 16.3. The molecule has 0 aliphatic carbocycles. The van der Waals surface area contributed by atoms with Crippen LogP contribution in [0.3, 0.4) is 0 Å². The average Bonchev–Trinajstić information content (AvgIpc) is 2.79. The topological polar surface area (TPSA) is 0 Å². The van der Waals surface area contributed by atoms with Crippen molar-refractivity contribution in [3.63, 3.8) is 0 Å². The zero-order valence-corrected chi connectivity index (χ0v) is 16.1. The van der Waals surface area contributed by atoms with Gasteiger partial charge in [-0.25, -0.2) is 16.6 Å². The predicted molar refractivity (Wildman–Crippen MR) is 84.7 cm³/mol. The summed E-state index contributed by atoms with van der Waals surface area (Å²) in [6, 6.07) is 2.35. The second-order valence-electron chi connectivity index (χ2n) is 4.33. The Morgan fingerprint density at radius 3 is 2.61 bits per heavy atom. The van der Waals surface area contributed by atoms with Gasteiger partial charge in [0.2, 0.25) is 0 Å². The first-order valence-corrected chi connectivity index (χ1v) is 8.31. The Morgan fingerprint density at radius 2 is 2.00 bits per heavy atom. The van der Waals surface area contributed by atoms with Gasteiger partial charge in [-0.05, 0) is 16.7 Å². The molecule has 2 aromatic heterocycles. The van der Waals surface area contributed by atoms with E-state index in [2.05, 4.69) is 38.8 Å². The van der Waals surface area contributed by atoms with Gasteiger partial charge in [0.05, 0.1) is 0 Å². The molecule has 1 atom stereocenters. The van der Waals surface area contributed by atoms with Crippen LogP contribution in [0.1, 0.15) is 36.4 Å². The van der Waals surface area contributed by atoms with Crippen molar-refractivity contribution in [2.75, 3.05) is 0 Å². The van der Waals surface area contributed by atoms with Gasteiger partial charge < -0.3 is 7.43 Å². The Hall–Kier alpha value is 0.282. The Morgan fingerprint density at radius 1 is 1.33 bits per heavy atom. The molecule has 0 N–H and O–H groups in total. The SMILES string of the molecule is C=S1C(C)=[C-]c2sc3cc(C(C)C)sc3c21.[CH3-].[Re]. The Labute approximate surface area is 134 Å². The Bertz CT molecular complexity index is 629. The van der Waals surface area contributed by atoms with Crippen LogP contribution in [0, 0.1) is 13.5 Å². The fraction of sp³-hybridized carbons (Fsp3) is 0.286. The molecular weight excluding hydrogens is 451 g/mol. The molecule has 0 aromatic carbocycles. The largest absolute Gasteiger partial charge is 0.358 e. The minimum absolute atomic E-state index is 0. The first-order valence-electron chi connectivity index (χ1n) is 5.28. The minimum atomic E-state index is 0. The fourth-order valence-electron chi connectivity index (χ4n) is 1.85. The van der Waals surface area contributed by atoms with Crippen molar-refractivity contribution in [2.45, 2.75) is 31.6 Å². The summed E-state index contributed by atoms with van der Waals surface area (Å²) in [5.74, 6) is 4.91. The van der Waals surface area contributed by atoms with Crippen molar-refractivity contribution in [1.29, 1.82) is 0 Å². The van der Waals surface area contributed by atoms with Gasteiger partial charge in [-0.1, -0.05) is 26.6 Å². The van der Waals surface area contributed by atoms with E-state index in [1.807, 2.05) is 22.7 Å². The Kier molecular flexibility index (Phi) is 5.20. The first-order chi connectivity index (χ1) is 7.58. The number of allylic oxidation sites excluding steroid dienone is 1. The molecule has 0 saturated carbocycles. The van der Waals surface area contributed by atoms with Gasteiger partial charge in [-0.3, -0.25) is 0 Å². The Balaban J connectivity index is 0.000000810. The van der Waals surface area contributed by atoms with E-state index in [1.54, 1.807) is 0 Å². The molecule has 0 bridgehead atoms. The van der Waals surface area contributed by atoms with E-state index in [1.165, 1.54) is 29.0 Å². The molecule has 0 amide bonds. The fourth-order valence-corrected chi connectivity index (χ4v) is 6.36. The van der Waals surface area contributed by atoms with Gasteiger partial charge in [0.1, 0.15) is 0 Å². The molecule has 3 rings (SSSR count). The molecule has 0 nitrogen and oxygen atoms in total. The van der Waals surface area contributed by atoms with E-state index in [4.69, 9.17) is 0 Å². The average molecular weight is 467 g/mol. The molecule has 0 fully saturated rings. The molecular formula is C14H16ReS3-2. The van der Waals surface area contributed by atoms with Crippen LogP contribution in [0.15, 0.2) is 15.9 Å². The van der Waals surface area contributed by atoms with E-state index in [0.717, 1.165) is 0 Å². The van der Waals surface area contributed by atoms with Crippen LogP contribution in [0.25, 0.3) is 9.40 Å². The van der Waals surface area contributed by atoms with Crippen molar-refractivity contribution < 1.29 is 20.4 Å². The quantitative estimate of drug-likeness (QED) is 0.376. The number of rotatable bonds is 1.